The van der Waals surface area contributed by atoms with E-state index in [1.165, 1.54) is 29.1 Å². The van der Waals surface area contributed by atoms with Crippen LogP contribution in [0.15, 0.2) is 54.7 Å². The van der Waals surface area contributed by atoms with Gasteiger partial charge in [0.25, 0.3) is 5.69 Å². The van der Waals surface area contributed by atoms with Crippen LogP contribution in [0.25, 0.3) is 16.9 Å². The molecule has 2 aromatic carbocycles. The highest BCUT2D eigenvalue weighted by Gasteiger charge is 2.24. The molecule has 0 unspecified atom stereocenters. The van der Waals surface area contributed by atoms with Crippen LogP contribution in [0.4, 0.5) is 5.69 Å². The molecule has 0 saturated carbocycles. The van der Waals surface area contributed by atoms with E-state index in [1.807, 2.05) is 19.1 Å². The van der Waals surface area contributed by atoms with Crippen LogP contribution in [0, 0.1) is 17.0 Å². The number of rotatable bonds is 4. The SMILES string of the molecule is Cc1ccc(-n2cc(C(=O)O)c(-c3ccccc3[N+](=O)[O-])n2)cc1. The van der Waals surface area contributed by atoms with Crippen LogP contribution in [0.3, 0.4) is 0 Å². The second-order valence-electron chi connectivity index (χ2n) is 5.25. The smallest absolute Gasteiger partial charge is 0.339 e. The van der Waals surface area contributed by atoms with Gasteiger partial charge < -0.3 is 5.11 Å². The Morgan fingerprint density at radius 3 is 2.46 bits per heavy atom. The summed E-state index contributed by atoms with van der Waals surface area (Å²) >= 11 is 0. The Kier molecular flexibility index (Phi) is 3.83. The van der Waals surface area contributed by atoms with E-state index >= 15 is 0 Å². The van der Waals surface area contributed by atoms with Crippen LogP contribution in [0.1, 0.15) is 15.9 Å². The molecular formula is C17H13N3O4. The number of nitro groups is 1. The Bertz CT molecular complexity index is 929. The summed E-state index contributed by atoms with van der Waals surface area (Å²) in [5, 5.41) is 24.9. The summed E-state index contributed by atoms with van der Waals surface area (Å²) in [7, 11) is 0. The number of aromatic carboxylic acids is 1. The van der Waals surface area contributed by atoms with E-state index in [0.717, 1.165) is 5.56 Å². The number of nitrogens with zero attached hydrogens (tertiary/aromatic N) is 3. The van der Waals surface area contributed by atoms with Crippen molar-refractivity contribution in [2.24, 2.45) is 0 Å². The van der Waals surface area contributed by atoms with Crippen LogP contribution in [-0.4, -0.2) is 25.8 Å². The number of aromatic nitrogens is 2. The maximum atomic E-state index is 11.6. The molecular weight excluding hydrogens is 310 g/mol. The van der Waals surface area contributed by atoms with Crippen molar-refractivity contribution in [2.75, 3.05) is 0 Å². The zero-order valence-corrected chi connectivity index (χ0v) is 12.7. The molecule has 7 heteroatoms. The fourth-order valence-electron chi connectivity index (χ4n) is 2.39. The van der Waals surface area contributed by atoms with Crippen molar-refractivity contribution in [3.8, 4) is 16.9 Å². The van der Waals surface area contributed by atoms with E-state index in [4.69, 9.17) is 0 Å². The Balaban J connectivity index is 2.20. The summed E-state index contributed by atoms with van der Waals surface area (Å²) < 4.78 is 1.41. The third kappa shape index (κ3) is 2.74. The highest BCUT2D eigenvalue weighted by Crippen LogP contribution is 2.31. The number of hydrogen-bond acceptors (Lipinski definition) is 4. The zero-order chi connectivity index (χ0) is 17.3. The van der Waals surface area contributed by atoms with Crippen molar-refractivity contribution in [1.29, 1.82) is 0 Å². The molecule has 7 nitrogen and oxygen atoms in total. The molecule has 1 N–H and O–H groups in total. The molecule has 0 atom stereocenters. The van der Waals surface area contributed by atoms with E-state index < -0.39 is 10.9 Å². The van der Waals surface area contributed by atoms with Crippen molar-refractivity contribution in [3.05, 3.63) is 76.0 Å². The highest BCUT2D eigenvalue weighted by atomic mass is 16.6. The van der Waals surface area contributed by atoms with Crippen molar-refractivity contribution >= 4 is 11.7 Å². The Hall–Kier alpha value is -3.48. The third-order valence-electron chi connectivity index (χ3n) is 3.60. The van der Waals surface area contributed by atoms with E-state index in [2.05, 4.69) is 5.10 Å². The summed E-state index contributed by atoms with van der Waals surface area (Å²) in [4.78, 5) is 22.2. The van der Waals surface area contributed by atoms with Crippen molar-refractivity contribution in [3.63, 3.8) is 0 Å². The van der Waals surface area contributed by atoms with Crippen LogP contribution in [-0.2, 0) is 0 Å². The molecule has 0 aliphatic heterocycles. The molecule has 0 spiro atoms. The van der Waals surface area contributed by atoms with Gasteiger partial charge in [-0.1, -0.05) is 29.8 Å². The van der Waals surface area contributed by atoms with E-state index in [-0.39, 0.29) is 22.5 Å². The Morgan fingerprint density at radius 1 is 1.17 bits per heavy atom. The predicted molar refractivity (Wildman–Crippen MR) is 87.4 cm³/mol. The second-order valence-corrected chi connectivity index (χ2v) is 5.25. The number of para-hydroxylation sites is 1. The van der Waals surface area contributed by atoms with Gasteiger partial charge in [0.15, 0.2) is 0 Å². The van der Waals surface area contributed by atoms with Crippen LogP contribution < -0.4 is 0 Å². The van der Waals surface area contributed by atoms with Gasteiger partial charge in [0.1, 0.15) is 11.3 Å². The van der Waals surface area contributed by atoms with Gasteiger partial charge >= 0.3 is 5.97 Å². The monoisotopic (exact) mass is 323 g/mol. The van der Waals surface area contributed by atoms with Gasteiger partial charge in [0.2, 0.25) is 0 Å². The second kappa shape index (κ2) is 5.96. The minimum absolute atomic E-state index is 0.0652. The number of nitro benzene ring substituents is 1. The number of aryl methyl sites for hydroxylation is 1. The number of benzene rings is 2. The number of hydrogen-bond donors (Lipinski definition) is 1. The van der Waals surface area contributed by atoms with Gasteiger partial charge in [-0.25, -0.2) is 9.48 Å². The lowest BCUT2D eigenvalue weighted by Crippen LogP contribution is -1.99. The van der Waals surface area contributed by atoms with Gasteiger partial charge in [-0.2, -0.15) is 5.10 Å². The molecule has 0 aliphatic carbocycles. The molecule has 24 heavy (non-hydrogen) atoms. The molecule has 0 fully saturated rings. The average molecular weight is 323 g/mol. The van der Waals surface area contributed by atoms with Gasteiger partial charge in [-0.15, -0.1) is 0 Å². The first-order chi connectivity index (χ1) is 11.5. The number of carboxylic acid groups (broad SMARTS) is 1. The lowest BCUT2D eigenvalue weighted by atomic mass is 10.1. The van der Waals surface area contributed by atoms with Crippen molar-refractivity contribution < 1.29 is 14.8 Å². The largest absolute Gasteiger partial charge is 0.478 e. The summed E-state index contributed by atoms with van der Waals surface area (Å²) in [6.07, 6.45) is 1.36. The van der Waals surface area contributed by atoms with Crippen molar-refractivity contribution in [2.45, 2.75) is 6.92 Å². The normalized spacial score (nSPS) is 10.5. The number of carboxylic acids is 1. The Morgan fingerprint density at radius 2 is 1.83 bits per heavy atom. The fourth-order valence-corrected chi connectivity index (χ4v) is 2.39. The lowest BCUT2D eigenvalue weighted by molar-refractivity contribution is -0.384. The fraction of sp³-hybridized carbons (Fsp3) is 0.0588. The maximum Gasteiger partial charge on any atom is 0.339 e. The molecule has 0 saturated heterocycles. The average Bonchev–Trinajstić information content (AvgIpc) is 3.01. The summed E-state index contributed by atoms with van der Waals surface area (Å²) in [5.41, 5.74) is 1.69. The molecule has 3 rings (SSSR count). The van der Waals surface area contributed by atoms with Crippen molar-refractivity contribution in [1.82, 2.24) is 9.78 Å². The first-order valence-electron chi connectivity index (χ1n) is 7.11. The standard InChI is InChI=1S/C17H13N3O4/c1-11-6-8-12(9-7-11)19-10-14(17(21)22)16(18-19)13-4-2-3-5-15(13)20(23)24/h2-10H,1H3,(H,21,22). The first-order valence-corrected chi connectivity index (χ1v) is 7.11. The molecule has 1 aromatic heterocycles. The summed E-state index contributed by atoms with van der Waals surface area (Å²) in [6.45, 7) is 1.94. The van der Waals surface area contributed by atoms with E-state index in [0.29, 0.717) is 5.69 Å². The Labute approximate surface area is 136 Å². The molecule has 120 valence electrons. The molecule has 0 amide bonds. The molecule has 3 aromatic rings. The third-order valence-corrected chi connectivity index (χ3v) is 3.60. The van der Waals surface area contributed by atoms with Crippen LogP contribution in [0.5, 0.6) is 0 Å². The predicted octanol–water partition coefficient (Wildman–Crippen LogP) is 3.45. The number of carbonyl (C=O) groups is 1. The molecule has 0 radical (unpaired) electrons. The molecule has 0 bridgehead atoms. The van der Waals surface area contributed by atoms with Gasteiger partial charge in [0.05, 0.1) is 16.2 Å². The lowest BCUT2D eigenvalue weighted by Gasteiger charge is -2.02. The van der Waals surface area contributed by atoms with E-state index in [1.54, 1.807) is 18.2 Å². The first kappa shape index (κ1) is 15.4. The minimum atomic E-state index is -1.19. The maximum absolute atomic E-state index is 11.6. The summed E-state index contributed by atoms with van der Waals surface area (Å²) in [5.74, 6) is -1.19. The topological polar surface area (TPSA) is 98.3 Å². The highest BCUT2D eigenvalue weighted by molar-refractivity contribution is 5.96. The van der Waals surface area contributed by atoms with E-state index in [9.17, 15) is 20.0 Å². The van der Waals surface area contributed by atoms with Gasteiger partial charge in [-0.3, -0.25) is 10.1 Å². The minimum Gasteiger partial charge on any atom is -0.478 e. The van der Waals surface area contributed by atoms with Crippen LogP contribution >= 0.6 is 0 Å². The van der Waals surface area contributed by atoms with Gasteiger partial charge in [0, 0.05) is 12.3 Å². The molecule has 0 aliphatic rings. The summed E-state index contributed by atoms with van der Waals surface area (Å²) in [6, 6.07) is 13.3. The quantitative estimate of drug-likeness (QED) is 0.585. The van der Waals surface area contributed by atoms with Gasteiger partial charge in [-0.05, 0) is 25.1 Å². The zero-order valence-electron chi connectivity index (χ0n) is 12.7. The molecule has 1 heterocycles. The van der Waals surface area contributed by atoms with Crippen LogP contribution in [0.2, 0.25) is 0 Å².